The predicted octanol–water partition coefficient (Wildman–Crippen LogP) is 5.01. The first-order valence-corrected chi connectivity index (χ1v) is 11.7. The Morgan fingerprint density at radius 2 is 1.68 bits per heavy atom. The van der Waals surface area contributed by atoms with Crippen molar-refractivity contribution >= 4 is 29.0 Å². The molecule has 1 heterocycles. The third kappa shape index (κ3) is 5.80. The molecule has 3 aromatic carbocycles. The third-order valence-electron chi connectivity index (χ3n) is 6.20. The van der Waals surface area contributed by atoms with E-state index < -0.39 is 10.8 Å². The minimum Gasteiger partial charge on any atom is -0.497 e. The maximum Gasteiger partial charge on any atom is 0.324 e. The van der Waals surface area contributed by atoms with Gasteiger partial charge in [0.15, 0.2) is 0 Å². The van der Waals surface area contributed by atoms with Crippen LogP contribution in [0, 0.1) is 17.0 Å². The van der Waals surface area contributed by atoms with E-state index >= 15 is 0 Å². The topological polar surface area (TPSA) is 114 Å². The molecule has 4 rings (SSSR count). The average Bonchev–Trinajstić information content (AvgIpc) is 2.90. The van der Waals surface area contributed by atoms with Gasteiger partial charge in [0.05, 0.1) is 19.1 Å². The molecule has 0 bridgehead atoms. The number of carbonyl (C=O) groups is 2. The number of nitro benzene ring substituents is 1. The summed E-state index contributed by atoms with van der Waals surface area (Å²) < 4.78 is 10.7. The number of nitro groups is 1. The molecule has 0 unspecified atom stereocenters. The number of amides is 3. The van der Waals surface area contributed by atoms with E-state index in [-0.39, 0.29) is 17.3 Å². The molecule has 192 valence electrons. The smallest absolute Gasteiger partial charge is 0.324 e. The normalized spacial score (nSPS) is 13.3. The average molecular weight is 505 g/mol. The number of aryl methyl sites for hydroxylation is 1. The fourth-order valence-electron chi connectivity index (χ4n) is 4.22. The Morgan fingerprint density at radius 3 is 2.30 bits per heavy atom. The minimum absolute atomic E-state index is 0.108. The van der Waals surface area contributed by atoms with E-state index in [1.807, 2.05) is 12.1 Å². The number of nitrogens with one attached hydrogen (secondary N) is 1. The van der Waals surface area contributed by atoms with Crippen molar-refractivity contribution in [1.29, 1.82) is 0 Å². The molecule has 3 aromatic rings. The number of ether oxygens (including phenoxy) is 2. The van der Waals surface area contributed by atoms with Crippen molar-refractivity contribution in [2.24, 2.45) is 0 Å². The molecule has 1 N–H and O–H groups in total. The highest BCUT2D eigenvalue weighted by Gasteiger charge is 2.27. The van der Waals surface area contributed by atoms with E-state index in [4.69, 9.17) is 9.47 Å². The van der Waals surface area contributed by atoms with Crippen molar-refractivity contribution in [3.63, 3.8) is 0 Å². The second-order valence-electron chi connectivity index (χ2n) is 8.69. The van der Waals surface area contributed by atoms with Gasteiger partial charge in [-0.25, -0.2) is 4.79 Å². The summed E-state index contributed by atoms with van der Waals surface area (Å²) in [4.78, 5) is 40.0. The van der Waals surface area contributed by atoms with Crippen molar-refractivity contribution in [2.45, 2.75) is 19.9 Å². The molecular weight excluding hydrogens is 476 g/mol. The Hall–Kier alpha value is -4.60. The van der Waals surface area contributed by atoms with Gasteiger partial charge in [0.2, 0.25) is 0 Å². The molecule has 0 spiro atoms. The lowest BCUT2D eigenvalue weighted by Crippen LogP contribution is -2.49. The molecule has 1 fully saturated rings. The van der Waals surface area contributed by atoms with Crippen LogP contribution in [0.5, 0.6) is 11.5 Å². The molecule has 1 saturated heterocycles. The Morgan fingerprint density at radius 1 is 1.00 bits per heavy atom. The molecule has 1 aliphatic heterocycles. The largest absolute Gasteiger partial charge is 0.497 e. The van der Waals surface area contributed by atoms with Gasteiger partial charge in [0.1, 0.15) is 11.5 Å². The van der Waals surface area contributed by atoms with Gasteiger partial charge in [-0.1, -0.05) is 6.07 Å². The number of hydrogen-bond acceptors (Lipinski definition) is 6. The van der Waals surface area contributed by atoms with Crippen molar-refractivity contribution in [3.8, 4) is 11.5 Å². The monoisotopic (exact) mass is 504 g/mol. The predicted molar refractivity (Wildman–Crippen MR) is 140 cm³/mol. The molecular formula is C27H28N4O6. The van der Waals surface area contributed by atoms with Crippen molar-refractivity contribution < 1.29 is 24.0 Å². The number of benzene rings is 3. The number of methoxy groups -OCH3 is 2. The molecule has 10 heteroatoms. The van der Waals surface area contributed by atoms with Gasteiger partial charge in [-0.05, 0) is 61.4 Å². The van der Waals surface area contributed by atoms with Crippen LogP contribution in [0.3, 0.4) is 0 Å². The maximum absolute atomic E-state index is 13.3. The van der Waals surface area contributed by atoms with E-state index in [0.29, 0.717) is 48.1 Å². The summed E-state index contributed by atoms with van der Waals surface area (Å²) >= 11 is 0. The summed E-state index contributed by atoms with van der Waals surface area (Å²) in [6.07, 6.45) is 0.803. The van der Waals surface area contributed by atoms with Crippen LogP contribution in [-0.2, 0) is 6.54 Å². The number of rotatable bonds is 8. The second kappa shape index (κ2) is 11.0. The number of carbonyl (C=O) groups excluding carboxylic acids is 2. The van der Waals surface area contributed by atoms with E-state index in [1.54, 1.807) is 73.4 Å². The standard InChI is InChI=1S/C27H28N4O6/c1-18-5-6-20(15-25(18)31(34)35)26(32)28-21-7-9-22(10-8-21)30-12-4-11-29(27(30)33)17-19-13-23(36-2)16-24(14-19)37-3/h5-10,13-16H,4,11-12,17H2,1-3H3,(H,28,32). The first-order chi connectivity index (χ1) is 17.8. The minimum atomic E-state index is -0.509. The Labute approximate surface area is 214 Å². The number of nitrogens with zero attached hydrogens (tertiary/aromatic N) is 3. The van der Waals surface area contributed by atoms with Crippen LogP contribution in [0.1, 0.15) is 27.9 Å². The quantitative estimate of drug-likeness (QED) is 0.341. The molecule has 0 aromatic heterocycles. The third-order valence-corrected chi connectivity index (χ3v) is 6.20. The van der Waals surface area contributed by atoms with Crippen LogP contribution in [0.2, 0.25) is 0 Å². The van der Waals surface area contributed by atoms with Crippen molar-refractivity contribution in [1.82, 2.24) is 4.90 Å². The Balaban J connectivity index is 1.44. The van der Waals surface area contributed by atoms with Gasteiger partial charge in [-0.3, -0.25) is 19.8 Å². The molecule has 1 aliphatic rings. The first kappa shape index (κ1) is 25.5. The highest BCUT2D eigenvalue weighted by Crippen LogP contribution is 2.27. The fraction of sp³-hybridized carbons (Fsp3) is 0.259. The van der Waals surface area contributed by atoms with Crippen molar-refractivity contribution in [3.05, 3.63) is 87.5 Å². The fourth-order valence-corrected chi connectivity index (χ4v) is 4.22. The summed E-state index contributed by atoms with van der Waals surface area (Å²) in [6.45, 7) is 3.25. The molecule has 10 nitrogen and oxygen atoms in total. The van der Waals surface area contributed by atoms with E-state index in [2.05, 4.69) is 5.32 Å². The molecule has 3 amide bonds. The van der Waals surface area contributed by atoms with Crippen LogP contribution in [0.4, 0.5) is 21.9 Å². The highest BCUT2D eigenvalue weighted by atomic mass is 16.6. The summed E-state index contributed by atoms with van der Waals surface area (Å²) in [7, 11) is 3.17. The summed E-state index contributed by atoms with van der Waals surface area (Å²) in [5, 5.41) is 13.9. The zero-order valence-corrected chi connectivity index (χ0v) is 20.9. The lowest BCUT2D eigenvalue weighted by Gasteiger charge is -2.35. The molecule has 0 saturated carbocycles. The number of anilines is 2. The maximum atomic E-state index is 13.3. The lowest BCUT2D eigenvalue weighted by molar-refractivity contribution is -0.385. The van der Waals surface area contributed by atoms with Crippen molar-refractivity contribution in [2.75, 3.05) is 37.5 Å². The van der Waals surface area contributed by atoms with Crippen LogP contribution in [0.25, 0.3) is 0 Å². The number of urea groups is 1. The van der Waals surface area contributed by atoms with Gasteiger partial charge >= 0.3 is 6.03 Å². The molecule has 0 atom stereocenters. The SMILES string of the molecule is COc1cc(CN2CCCN(c3ccc(NC(=O)c4ccc(C)c([N+](=O)[O-])c4)cc3)C2=O)cc(OC)c1. The number of hydrogen-bond donors (Lipinski definition) is 1. The lowest BCUT2D eigenvalue weighted by atomic mass is 10.1. The van der Waals surface area contributed by atoms with Crippen LogP contribution >= 0.6 is 0 Å². The molecule has 37 heavy (non-hydrogen) atoms. The van der Waals surface area contributed by atoms with Gasteiger partial charge in [0.25, 0.3) is 11.6 Å². The Bertz CT molecular complexity index is 1300. The molecule has 0 aliphatic carbocycles. The summed E-state index contributed by atoms with van der Waals surface area (Å²) in [5.74, 6) is 0.867. The van der Waals surface area contributed by atoms with Crippen LogP contribution < -0.4 is 19.7 Å². The van der Waals surface area contributed by atoms with Gasteiger partial charge in [-0.15, -0.1) is 0 Å². The highest BCUT2D eigenvalue weighted by molar-refractivity contribution is 6.05. The van der Waals surface area contributed by atoms with Crippen LogP contribution in [-0.4, -0.2) is 49.1 Å². The van der Waals surface area contributed by atoms with E-state index in [1.165, 1.54) is 6.07 Å². The summed E-state index contributed by atoms with van der Waals surface area (Å²) in [6, 6.07) is 16.7. The summed E-state index contributed by atoms with van der Waals surface area (Å²) in [5.41, 5.74) is 2.70. The second-order valence-corrected chi connectivity index (χ2v) is 8.69. The van der Waals surface area contributed by atoms with Crippen LogP contribution in [0.15, 0.2) is 60.7 Å². The first-order valence-electron chi connectivity index (χ1n) is 11.7. The van der Waals surface area contributed by atoms with Gasteiger partial charge in [-0.2, -0.15) is 0 Å². The van der Waals surface area contributed by atoms with Gasteiger partial charge < -0.3 is 19.7 Å². The van der Waals surface area contributed by atoms with Gasteiger partial charge in [0, 0.05) is 54.3 Å². The van der Waals surface area contributed by atoms with E-state index in [0.717, 1.165) is 12.0 Å². The Kier molecular flexibility index (Phi) is 7.57. The molecule has 0 radical (unpaired) electrons. The zero-order chi connectivity index (χ0) is 26.5. The zero-order valence-electron chi connectivity index (χ0n) is 20.9. The van der Waals surface area contributed by atoms with E-state index in [9.17, 15) is 19.7 Å².